The maximum absolute atomic E-state index is 13.0. The number of hydrogen-bond acceptors (Lipinski definition) is 2. The second-order valence-corrected chi connectivity index (χ2v) is 6.90. The second kappa shape index (κ2) is 8.81. The molecule has 2 amide bonds. The molecule has 0 spiro atoms. The van der Waals surface area contributed by atoms with Gasteiger partial charge in [-0.2, -0.15) is 0 Å². The normalized spacial score (nSPS) is 17.2. The van der Waals surface area contributed by atoms with E-state index in [-0.39, 0.29) is 23.8 Å². The van der Waals surface area contributed by atoms with Gasteiger partial charge in [0.15, 0.2) is 0 Å². The molecule has 24 heavy (non-hydrogen) atoms. The monoisotopic (exact) mass is 334 g/mol. The van der Waals surface area contributed by atoms with Crippen molar-refractivity contribution in [3.8, 4) is 0 Å². The van der Waals surface area contributed by atoms with Gasteiger partial charge in [0, 0.05) is 11.6 Å². The lowest BCUT2D eigenvalue weighted by molar-refractivity contribution is -0.124. The molecule has 0 heterocycles. The fourth-order valence-corrected chi connectivity index (χ4v) is 3.08. The third-order valence-electron chi connectivity index (χ3n) is 4.54. The highest BCUT2D eigenvalue weighted by Gasteiger charge is 2.26. The molecule has 5 heteroatoms. The van der Waals surface area contributed by atoms with E-state index in [1.807, 2.05) is 13.8 Å². The highest BCUT2D eigenvalue weighted by Crippen LogP contribution is 2.17. The molecule has 0 bridgehead atoms. The minimum absolute atomic E-state index is 0.0276. The number of amides is 2. The molecular weight excluding hydrogens is 307 g/mol. The summed E-state index contributed by atoms with van der Waals surface area (Å²) < 4.78 is 13.0. The van der Waals surface area contributed by atoms with E-state index in [1.165, 1.54) is 37.1 Å². The number of halogens is 1. The van der Waals surface area contributed by atoms with Crippen LogP contribution in [0.4, 0.5) is 4.39 Å². The van der Waals surface area contributed by atoms with Gasteiger partial charge in [-0.05, 0) is 43.0 Å². The van der Waals surface area contributed by atoms with Gasteiger partial charge in [0.25, 0.3) is 5.91 Å². The Hall–Kier alpha value is -1.91. The Bertz CT molecular complexity index is 549. The van der Waals surface area contributed by atoms with Gasteiger partial charge in [0.1, 0.15) is 11.9 Å². The first-order chi connectivity index (χ1) is 11.5. The van der Waals surface area contributed by atoms with Gasteiger partial charge in [0.2, 0.25) is 5.91 Å². The summed E-state index contributed by atoms with van der Waals surface area (Å²) in [7, 11) is 0. The maximum atomic E-state index is 13.0. The molecule has 0 saturated heterocycles. The first-order valence-electron chi connectivity index (χ1n) is 8.84. The molecule has 2 N–H and O–H groups in total. The van der Waals surface area contributed by atoms with Crippen LogP contribution in [-0.4, -0.2) is 23.9 Å². The number of rotatable bonds is 5. The van der Waals surface area contributed by atoms with E-state index < -0.39 is 11.9 Å². The molecule has 1 aromatic carbocycles. The lowest BCUT2D eigenvalue weighted by Crippen LogP contribution is -2.52. The van der Waals surface area contributed by atoms with Crippen molar-refractivity contribution in [1.82, 2.24) is 10.6 Å². The first-order valence-corrected chi connectivity index (χ1v) is 8.84. The molecule has 1 atom stereocenters. The number of benzene rings is 1. The third kappa shape index (κ3) is 5.32. The van der Waals surface area contributed by atoms with E-state index >= 15 is 0 Å². The van der Waals surface area contributed by atoms with Gasteiger partial charge in [-0.3, -0.25) is 9.59 Å². The summed E-state index contributed by atoms with van der Waals surface area (Å²) in [5.74, 6) is -0.907. The van der Waals surface area contributed by atoms with Crippen LogP contribution < -0.4 is 10.6 Å². The fraction of sp³-hybridized carbons (Fsp3) is 0.579. The topological polar surface area (TPSA) is 58.2 Å². The van der Waals surface area contributed by atoms with Crippen LogP contribution in [0.15, 0.2) is 24.3 Å². The molecule has 2 rings (SSSR count). The van der Waals surface area contributed by atoms with Gasteiger partial charge < -0.3 is 10.6 Å². The van der Waals surface area contributed by atoms with Crippen molar-refractivity contribution >= 4 is 11.8 Å². The molecule has 0 unspecified atom stereocenters. The SMILES string of the molecule is CC(C)[C@H](NC(=O)c1ccc(F)cc1)C(=O)NC1CCCCCC1. The predicted octanol–water partition coefficient (Wildman–Crippen LogP) is 3.42. The summed E-state index contributed by atoms with van der Waals surface area (Å²) in [4.78, 5) is 24.9. The lowest BCUT2D eigenvalue weighted by Gasteiger charge is -2.25. The van der Waals surface area contributed by atoms with Crippen LogP contribution >= 0.6 is 0 Å². The summed E-state index contributed by atoms with van der Waals surface area (Å²) >= 11 is 0. The minimum Gasteiger partial charge on any atom is -0.352 e. The predicted molar refractivity (Wildman–Crippen MR) is 92.1 cm³/mol. The van der Waals surface area contributed by atoms with Gasteiger partial charge in [-0.15, -0.1) is 0 Å². The van der Waals surface area contributed by atoms with Crippen molar-refractivity contribution in [2.45, 2.75) is 64.5 Å². The molecule has 0 aromatic heterocycles. The smallest absolute Gasteiger partial charge is 0.251 e. The number of carbonyl (C=O) groups excluding carboxylic acids is 2. The summed E-state index contributed by atoms with van der Waals surface area (Å²) in [6.07, 6.45) is 6.73. The molecule has 1 aromatic rings. The summed E-state index contributed by atoms with van der Waals surface area (Å²) in [5.41, 5.74) is 0.351. The van der Waals surface area contributed by atoms with Crippen molar-refractivity contribution in [3.63, 3.8) is 0 Å². The third-order valence-corrected chi connectivity index (χ3v) is 4.54. The van der Waals surface area contributed by atoms with Crippen molar-refractivity contribution in [3.05, 3.63) is 35.6 Å². The van der Waals surface area contributed by atoms with E-state index in [1.54, 1.807) is 0 Å². The van der Waals surface area contributed by atoms with Crippen LogP contribution in [0.3, 0.4) is 0 Å². The Kier molecular flexibility index (Phi) is 6.76. The molecule has 1 saturated carbocycles. The van der Waals surface area contributed by atoms with Gasteiger partial charge in [-0.25, -0.2) is 4.39 Å². The van der Waals surface area contributed by atoms with Crippen LogP contribution in [0, 0.1) is 11.7 Å². The van der Waals surface area contributed by atoms with Gasteiger partial charge >= 0.3 is 0 Å². The van der Waals surface area contributed by atoms with Crippen molar-refractivity contribution in [1.29, 1.82) is 0 Å². The average molecular weight is 334 g/mol. The number of carbonyl (C=O) groups is 2. The quantitative estimate of drug-likeness (QED) is 0.811. The molecule has 4 nitrogen and oxygen atoms in total. The van der Waals surface area contributed by atoms with Gasteiger partial charge in [0.05, 0.1) is 0 Å². The first kappa shape index (κ1) is 18.4. The van der Waals surface area contributed by atoms with Crippen molar-refractivity contribution in [2.24, 2.45) is 5.92 Å². The number of nitrogens with one attached hydrogen (secondary N) is 2. The molecule has 0 aliphatic heterocycles. The molecule has 1 aliphatic rings. The maximum Gasteiger partial charge on any atom is 0.251 e. The zero-order valence-corrected chi connectivity index (χ0v) is 14.5. The zero-order valence-electron chi connectivity index (χ0n) is 14.5. The van der Waals surface area contributed by atoms with E-state index in [9.17, 15) is 14.0 Å². The standard InChI is InChI=1S/C19H27FN2O2/c1-13(2)17(19(24)21-16-7-5-3-4-6-8-16)22-18(23)14-9-11-15(20)12-10-14/h9-13,16-17H,3-8H2,1-2H3,(H,21,24)(H,22,23)/t17-/m0/s1. The molecule has 1 fully saturated rings. The van der Waals surface area contributed by atoms with E-state index in [0.717, 1.165) is 25.7 Å². The van der Waals surface area contributed by atoms with Crippen LogP contribution in [0.1, 0.15) is 62.7 Å². The van der Waals surface area contributed by atoms with Crippen LogP contribution in [0.25, 0.3) is 0 Å². The summed E-state index contributed by atoms with van der Waals surface area (Å²) in [6, 6.07) is 4.93. The van der Waals surface area contributed by atoms with Crippen LogP contribution in [-0.2, 0) is 4.79 Å². The fourth-order valence-electron chi connectivity index (χ4n) is 3.08. The van der Waals surface area contributed by atoms with Crippen molar-refractivity contribution < 1.29 is 14.0 Å². The Morgan fingerprint density at radius 2 is 1.62 bits per heavy atom. The largest absolute Gasteiger partial charge is 0.352 e. The number of hydrogen-bond donors (Lipinski definition) is 2. The second-order valence-electron chi connectivity index (χ2n) is 6.90. The highest BCUT2D eigenvalue weighted by molar-refractivity contribution is 5.97. The highest BCUT2D eigenvalue weighted by atomic mass is 19.1. The molecular formula is C19H27FN2O2. The lowest BCUT2D eigenvalue weighted by atomic mass is 10.0. The minimum atomic E-state index is -0.592. The molecule has 0 radical (unpaired) electrons. The van der Waals surface area contributed by atoms with E-state index in [0.29, 0.717) is 5.56 Å². The van der Waals surface area contributed by atoms with E-state index in [4.69, 9.17) is 0 Å². The Balaban J connectivity index is 1.98. The van der Waals surface area contributed by atoms with Crippen LogP contribution in [0.2, 0.25) is 0 Å². The summed E-state index contributed by atoms with van der Waals surface area (Å²) in [5, 5.41) is 5.88. The average Bonchev–Trinajstić information content (AvgIpc) is 2.81. The summed E-state index contributed by atoms with van der Waals surface area (Å²) in [6.45, 7) is 3.81. The Morgan fingerprint density at radius 3 is 2.17 bits per heavy atom. The molecule has 132 valence electrons. The zero-order chi connectivity index (χ0) is 17.5. The molecule has 1 aliphatic carbocycles. The van der Waals surface area contributed by atoms with E-state index in [2.05, 4.69) is 10.6 Å². The Labute approximate surface area is 143 Å². The van der Waals surface area contributed by atoms with Crippen molar-refractivity contribution in [2.75, 3.05) is 0 Å². The Morgan fingerprint density at radius 1 is 1.04 bits per heavy atom. The van der Waals surface area contributed by atoms with Gasteiger partial charge in [-0.1, -0.05) is 39.5 Å². The van der Waals surface area contributed by atoms with Crippen LogP contribution in [0.5, 0.6) is 0 Å².